The molecule has 1 aromatic carbocycles. The summed E-state index contributed by atoms with van der Waals surface area (Å²) in [5.74, 6) is 1.58. The van der Waals surface area contributed by atoms with E-state index in [0.29, 0.717) is 16.3 Å². The first-order chi connectivity index (χ1) is 13.7. The second-order valence-corrected chi connectivity index (χ2v) is 6.91. The lowest BCUT2D eigenvalue weighted by molar-refractivity contribution is 0.102. The molecule has 4 rings (SSSR count). The van der Waals surface area contributed by atoms with Crippen LogP contribution in [0.5, 0.6) is 0 Å². The van der Waals surface area contributed by atoms with Crippen LogP contribution in [0.15, 0.2) is 67.0 Å². The van der Waals surface area contributed by atoms with Gasteiger partial charge < -0.3 is 15.1 Å². The van der Waals surface area contributed by atoms with Crippen LogP contribution in [0.2, 0.25) is 5.02 Å². The number of amides is 1. The van der Waals surface area contributed by atoms with Crippen LogP contribution >= 0.6 is 11.6 Å². The highest BCUT2D eigenvalue weighted by molar-refractivity contribution is 6.33. The molecule has 1 amide bonds. The first-order valence-electron chi connectivity index (χ1n) is 9.13. The highest BCUT2D eigenvalue weighted by atomic mass is 35.5. The minimum Gasteiger partial charge on any atom is -0.353 e. The van der Waals surface area contributed by atoms with Crippen molar-refractivity contribution in [2.24, 2.45) is 0 Å². The second kappa shape index (κ2) is 8.27. The van der Waals surface area contributed by atoms with E-state index >= 15 is 0 Å². The smallest absolute Gasteiger partial charge is 0.255 e. The van der Waals surface area contributed by atoms with E-state index in [2.05, 4.69) is 25.1 Å². The first kappa shape index (κ1) is 18.3. The molecule has 1 aliphatic rings. The average molecular weight is 394 g/mol. The number of aromatic nitrogens is 2. The van der Waals surface area contributed by atoms with Crippen molar-refractivity contribution < 1.29 is 4.79 Å². The maximum Gasteiger partial charge on any atom is 0.255 e. The molecule has 3 aromatic rings. The fourth-order valence-corrected chi connectivity index (χ4v) is 3.38. The molecule has 28 heavy (non-hydrogen) atoms. The Hall–Kier alpha value is -3.12. The van der Waals surface area contributed by atoms with Crippen molar-refractivity contribution in [3.8, 4) is 0 Å². The fourth-order valence-electron chi connectivity index (χ4n) is 3.20. The van der Waals surface area contributed by atoms with E-state index < -0.39 is 0 Å². The molecule has 0 saturated carbocycles. The largest absolute Gasteiger partial charge is 0.353 e. The monoisotopic (exact) mass is 393 g/mol. The van der Waals surface area contributed by atoms with Crippen LogP contribution in [0.25, 0.3) is 0 Å². The summed E-state index contributed by atoms with van der Waals surface area (Å²) in [7, 11) is 0. The summed E-state index contributed by atoms with van der Waals surface area (Å²) < 4.78 is 0. The number of nitrogens with zero attached hydrogens (tertiary/aromatic N) is 4. The summed E-state index contributed by atoms with van der Waals surface area (Å²) in [6, 6.07) is 16.7. The summed E-state index contributed by atoms with van der Waals surface area (Å²) in [4.78, 5) is 25.9. The predicted molar refractivity (Wildman–Crippen MR) is 112 cm³/mol. The summed E-state index contributed by atoms with van der Waals surface area (Å²) >= 11 is 6.13. The Balaban J connectivity index is 1.43. The molecule has 0 spiro atoms. The maximum atomic E-state index is 12.6. The summed E-state index contributed by atoms with van der Waals surface area (Å²) in [5, 5.41) is 3.36. The van der Waals surface area contributed by atoms with Crippen molar-refractivity contribution >= 4 is 34.8 Å². The Labute approximate surface area is 168 Å². The van der Waals surface area contributed by atoms with Crippen molar-refractivity contribution in [2.45, 2.75) is 0 Å². The maximum absolute atomic E-state index is 12.6. The molecule has 0 radical (unpaired) electrons. The van der Waals surface area contributed by atoms with E-state index in [1.807, 2.05) is 42.6 Å². The molecule has 1 aliphatic heterocycles. The number of carbonyl (C=O) groups excluding carboxylic acids is 1. The van der Waals surface area contributed by atoms with E-state index in [1.165, 1.54) is 0 Å². The van der Waals surface area contributed by atoms with Gasteiger partial charge in [-0.2, -0.15) is 0 Å². The number of pyridine rings is 2. The lowest BCUT2D eigenvalue weighted by atomic mass is 10.2. The number of hydrogen-bond donors (Lipinski definition) is 1. The third-order valence-corrected chi connectivity index (χ3v) is 5.04. The highest BCUT2D eigenvalue weighted by Gasteiger charge is 2.20. The van der Waals surface area contributed by atoms with Crippen molar-refractivity contribution in [3.05, 3.63) is 77.6 Å². The second-order valence-electron chi connectivity index (χ2n) is 6.50. The third kappa shape index (κ3) is 4.07. The van der Waals surface area contributed by atoms with E-state index in [0.717, 1.165) is 37.8 Å². The molecule has 0 aliphatic carbocycles. The van der Waals surface area contributed by atoms with E-state index in [4.69, 9.17) is 11.6 Å². The molecule has 1 N–H and O–H groups in total. The van der Waals surface area contributed by atoms with Crippen LogP contribution < -0.4 is 15.1 Å². The zero-order valence-corrected chi connectivity index (χ0v) is 16.0. The van der Waals surface area contributed by atoms with Crippen LogP contribution in [0.3, 0.4) is 0 Å². The molecule has 3 heterocycles. The number of carbonyl (C=O) groups is 1. The van der Waals surface area contributed by atoms with Gasteiger partial charge in [0.1, 0.15) is 11.6 Å². The van der Waals surface area contributed by atoms with E-state index in [-0.39, 0.29) is 5.91 Å². The van der Waals surface area contributed by atoms with Crippen LogP contribution in [-0.2, 0) is 0 Å². The van der Waals surface area contributed by atoms with Gasteiger partial charge in [-0.05, 0) is 36.4 Å². The minimum absolute atomic E-state index is 0.205. The number of para-hydroxylation sites is 1. The molecular formula is C21H20ClN5O. The molecule has 0 bridgehead atoms. The van der Waals surface area contributed by atoms with Crippen LogP contribution in [0.1, 0.15) is 10.4 Å². The summed E-state index contributed by atoms with van der Waals surface area (Å²) in [5.41, 5.74) is 1.15. The van der Waals surface area contributed by atoms with Crippen LogP contribution in [-0.4, -0.2) is 42.1 Å². The molecule has 6 nitrogen and oxygen atoms in total. The van der Waals surface area contributed by atoms with E-state index in [1.54, 1.807) is 24.4 Å². The van der Waals surface area contributed by atoms with Gasteiger partial charge in [0, 0.05) is 44.1 Å². The molecule has 1 saturated heterocycles. The lowest BCUT2D eigenvalue weighted by Crippen LogP contribution is -2.47. The number of benzene rings is 1. The predicted octanol–water partition coefficient (Wildman–Crippen LogP) is 3.71. The molecule has 0 unspecified atom stereocenters. The van der Waals surface area contributed by atoms with Gasteiger partial charge in [0.15, 0.2) is 0 Å². The minimum atomic E-state index is -0.205. The van der Waals surface area contributed by atoms with Gasteiger partial charge in [0.05, 0.1) is 10.7 Å². The standard InChI is InChI=1S/C21H20ClN5O/c22-17-5-1-2-6-18(17)25-21(28)16-8-10-24-20(15-16)27-13-11-26(12-14-27)19-7-3-4-9-23-19/h1-10,15H,11-14H2,(H,25,28). The highest BCUT2D eigenvalue weighted by Crippen LogP contribution is 2.22. The average Bonchev–Trinajstić information content (AvgIpc) is 2.76. The van der Waals surface area contributed by atoms with Gasteiger partial charge >= 0.3 is 0 Å². The normalized spacial score (nSPS) is 14.0. The Kier molecular flexibility index (Phi) is 5.39. The molecule has 0 atom stereocenters. The van der Waals surface area contributed by atoms with Crippen LogP contribution in [0.4, 0.5) is 17.3 Å². The van der Waals surface area contributed by atoms with Gasteiger partial charge in [-0.1, -0.05) is 29.8 Å². The molecule has 2 aromatic heterocycles. The van der Waals surface area contributed by atoms with Gasteiger partial charge in [0.25, 0.3) is 5.91 Å². The van der Waals surface area contributed by atoms with Gasteiger partial charge in [0.2, 0.25) is 0 Å². The third-order valence-electron chi connectivity index (χ3n) is 4.71. The molecule has 1 fully saturated rings. The number of piperazine rings is 1. The summed E-state index contributed by atoms with van der Waals surface area (Å²) in [6.45, 7) is 3.35. The summed E-state index contributed by atoms with van der Waals surface area (Å²) in [6.07, 6.45) is 3.48. The Bertz CT molecular complexity index is 958. The SMILES string of the molecule is O=C(Nc1ccccc1Cl)c1ccnc(N2CCN(c3ccccn3)CC2)c1. The Morgan fingerprint density at radius 3 is 2.25 bits per heavy atom. The fraction of sp³-hybridized carbons (Fsp3) is 0.190. The number of halogens is 1. The van der Waals surface area contributed by atoms with Crippen molar-refractivity contribution in [3.63, 3.8) is 0 Å². The Morgan fingerprint density at radius 2 is 1.54 bits per heavy atom. The van der Waals surface area contributed by atoms with Gasteiger partial charge in [-0.25, -0.2) is 9.97 Å². The number of nitrogens with one attached hydrogen (secondary N) is 1. The zero-order chi connectivity index (χ0) is 19.3. The number of rotatable bonds is 4. The van der Waals surface area contributed by atoms with Crippen molar-refractivity contribution in [1.82, 2.24) is 9.97 Å². The lowest BCUT2D eigenvalue weighted by Gasteiger charge is -2.36. The topological polar surface area (TPSA) is 61.4 Å². The number of anilines is 3. The molecule has 142 valence electrons. The van der Waals surface area contributed by atoms with E-state index in [9.17, 15) is 4.79 Å². The zero-order valence-electron chi connectivity index (χ0n) is 15.3. The Morgan fingerprint density at radius 1 is 0.857 bits per heavy atom. The quantitative estimate of drug-likeness (QED) is 0.732. The molecular weight excluding hydrogens is 374 g/mol. The van der Waals surface area contributed by atoms with Crippen molar-refractivity contribution in [2.75, 3.05) is 41.3 Å². The van der Waals surface area contributed by atoms with Crippen LogP contribution in [0, 0.1) is 0 Å². The molecule has 7 heteroatoms. The van der Waals surface area contributed by atoms with Gasteiger partial charge in [-0.3, -0.25) is 4.79 Å². The first-order valence-corrected chi connectivity index (χ1v) is 9.51. The van der Waals surface area contributed by atoms with Crippen molar-refractivity contribution in [1.29, 1.82) is 0 Å². The number of hydrogen-bond acceptors (Lipinski definition) is 5. The van der Waals surface area contributed by atoms with Gasteiger partial charge in [-0.15, -0.1) is 0 Å².